The highest BCUT2D eigenvalue weighted by molar-refractivity contribution is 7.98. The topological polar surface area (TPSA) is 27.7 Å². The van der Waals surface area contributed by atoms with E-state index in [2.05, 4.69) is 20.8 Å². The van der Waals surface area contributed by atoms with Gasteiger partial charge in [0.05, 0.1) is 0 Å². The van der Waals surface area contributed by atoms with Crippen molar-refractivity contribution in [2.75, 3.05) is 17.3 Å². The molecular weight excluding hydrogens is 335 g/mol. The highest BCUT2D eigenvalue weighted by Gasteiger charge is 2.24. The van der Waals surface area contributed by atoms with Gasteiger partial charge < -0.3 is 12.3 Å². The molecule has 132 valence electrons. The lowest BCUT2D eigenvalue weighted by molar-refractivity contribution is 0.378. The maximum Gasteiger partial charge on any atom is 0.674 e. The van der Waals surface area contributed by atoms with Crippen LogP contribution in [0.4, 0.5) is 0 Å². The molecule has 0 saturated carbocycles. The van der Waals surface area contributed by atoms with Crippen molar-refractivity contribution in [3.8, 4) is 0 Å². The Kier molecular flexibility index (Phi) is 20.9. The Bertz CT molecular complexity index is 181. The summed E-state index contributed by atoms with van der Waals surface area (Å²) in [4.78, 5) is 0. The fourth-order valence-corrected chi connectivity index (χ4v) is 3.56. The minimum Gasteiger partial charge on any atom is -0.316 e. The van der Waals surface area contributed by atoms with Crippen molar-refractivity contribution >= 4 is 43.4 Å². The van der Waals surface area contributed by atoms with Crippen LogP contribution in [-0.4, -0.2) is 24.6 Å². The van der Waals surface area contributed by atoms with E-state index < -0.39 is 7.32 Å². The molecule has 0 saturated heterocycles. The normalized spacial score (nSPS) is 11.0. The molecule has 0 fully saturated rings. The first-order chi connectivity index (χ1) is 10.8. The second-order valence-electron chi connectivity index (χ2n) is 5.16. The van der Waals surface area contributed by atoms with Crippen molar-refractivity contribution in [1.29, 1.82) is 0 Å². The summed E-state index contributed by atoms with van der Waals surface area (Å²) in [6.07, 6.45) is 11.0. The van der Waals surface area contributed by atoms with E-state index >= 15 is 0 Å². The third-order valence-corrected chi connectivity index (χ3v) is 5.18. The molecule has 0 aliphatic carbocycles. The van der Waals surface area contributed by atoms with Crippen LogP contribution in [0.25, 0.3) is 0 Å². The minimum absolute atomic E-state index is 0.565. The molecule has 0 heterocycles. The van der Waals surface area contributed by atoms with Gasteiger partial charge in [-0.25, -0.2) is 0 Å². The van der Waals surface area contributed by atoms with Crippen molar-refractivity contribution in [1.82, 2.24) is 0 Å². The molecule has 0 atom stereocenters. The second-order valence-corrected chi connectivity index (χ2v) is 7.67. The number of unbranched alkanes of at least 4 members (excludes halogenated alkanes) is 6. The van der Waals surface area contributed by atoms with Gasteiger partial charge >= 0.3 is 7.32 Å². The Morgan fingerprint density at radius 1 is 0.545 bits per heavy atom. The van der Waals surface area contributed by atoms with Gasteiger partial charge in [0.1, 0.15) is 0 Å². The predicted octanol–water partition coefficient (Wildman–Crippen LogP) is 6.54. The molecule has 0 N–H and O–H groups in total. The fourth-order valence-electron chi connectivity index (χ4n) is 1.59. The fraction of sp³-hybridized carbons (Fsp3) is 1.00. The summed E-state index contributed by atoms with van der Waals surface area (Å²) in [5, 5.41) is 0. The molecule has 0 radical (unpaired) electrons. The van der Waals surface area contributed by atoms with Gasteiger partial charge in [0.2, 0.25) is 0 Å². The Hall–Kier alpha value is 0.995. The summed E-state index contributed by atoms with van der Waals surface area (Å²) in [5.41, 5.74) is 0. The Balaban J connectivity index is 3.72. The van der Waals surface area contributed by atoms with E-state index in [0.717, 1.165) is 17.3 Å². The molecule has 0 aromatic rings. The van der Waals surface area contributed by atoms with E-state index in [4.69, 9.17) is 12.3 Å². The van der Waals surface area contributed by atoms with Gasteiger partial charge in [0.25, 0.3) is 0 Å². The van der Waals surface area contributed by atoms with Crippen LogP contribution in [0, 0.1) is 0 Å². The largest absolute Gasteiger partial charge is 0.674 e. The maximum atomic E-state index is 5.63. The summed E-state index contributed by atoms with van der Waals surface area (Å²) in [6.45, 7) is 6.63. The van der Waals surface area contributed by atoms with Crippen LogP contribution in [0.3, 0.4) is 0 Å². The zero-order valence-electron chi connectivity index (χ0n) is 14.5. The quantitative estimate of drug-likeness (QED) is 0.155. The molecule has 0 unspecified atom stereocenters. The first kappa shape index (κ1) is 23.0. The summed E-state index contributed by atoms with van der Waals surface area (Å²) in [7, 11) is -0.565. The molecule has 0 aliphatic heterocycles. The highest BCUT2D eigenvalue weighted by atomic mass is 32.2. The summed E-state index contributed by atoms with van der Waals surface area (Å²) < 4.78 is 16.9. The van der Waals surface area contributed by atoms with E-state index in [1.165, 1.54) is 93.9 Å². The van der Waals surface area contributed by atoms with Crippen LogP contribution in [-0.2, 0) is 12.3 Å². The average molecular weight is 368 g/mol. The van der Waals surface area contributed by atoms with Gasteiger partial charge in [-0.1, -0.05) is 59.3 Å². The van der Waals surface area contributed by atoms with Gasteiger partial charge in [-0.05, 0) is 55.4 Å². The van der Waals surface area contributed by atoms with Crippen LogP contribution in [0.5, 0.6) is 0 Å². The molecule has 22 heavy (non-hydrogen) atoms. The first-order valence-electron chi connectivity index (χ1n) is 8.69. The van der Waals surface area contributed by atoms with Crippen LogP contribution in [0.1, 0.15) is 78.6 Å². The zero-order chi connectivity index (χ0) is 16.3. The van der Waals surface area contributed by atoms with E-state index in [1.54, 1.807) is 0 Å². The van der Waals surface area contributed by atoms with Crippen molar-refractivity contribution < 1.29 is 12.3 Å². The van der Waals surface area contributed by atoms with Gasteiger partial charge in [0.15, 0.2) is 0 Å². The van der Waals surface area contributed by atoms with Crippen LogP contribution < -0.4 is 0 Å². The van der Waals surface area contributed by atoms with E-state index in [1.807, 2.05) is 0 Å². The number of hydrogen-bond acceptors (Lipinski definition) is 6. The predicted molar refractivity (Wildman–Crippen MR) is 105 cm³/mol. The van der Waals surface area contributed by atoms with Gasteiger partial charge in [0, 0.05) is 17.3 Å². The van der Waals surface area contributed by atoms with E-state index in [0.29, 0.717) is 0 Å². The standard InChI is InChI=1S/C15H33BO3S3/c1-4-7-10-13-20-17-16(18-21-14-11-8-5-2)19-22-15-12-9-6-3/h4-15H2,1-3H3. The minimum atomic E-state index is -0.565. The van der Waals surface area contributed by atoms with E-state index in [-0.39, 0.29) is 0 Å². The van der Waals surface area contributed by atoms with Crippen molar-refractivity contribution in [2.45, 2.75) is 78.6 Å². The molecule has 7 heteroatoms. The average Bonchev–Trinajstić information content (AvgIpc) is 2.53. The summed E-state index contributed by atoms with van der Waals surface area (Å²) >= 11 is 4.38. The molecule has 3 nitrogen and oxygen atoms in total. The molecule has 0 rings (SSSR count). The summed E-state index contributed by atoms with van der Waals surface area (Å²) in [5.74, 6) is 2.99. The SMILES string of the molecule is CCCCCSOB(OSCCCCC)OSCCCCC. The number of hydrogen-bond donors (Lipinski definition) is 0. The molecule has 0 spiro atoms. The number of rotatable bonds is 18. The van der Waals surface area contributed by atoms with Crippen LogP contribution in [0.15, 0.2) is 0 Å². The van der Waals surface area contributed by atoms with Gasteiger partial charge in [-0.3, -0.25) is 0 Å². The lowest BCUT2D eigenvalue weighted by atomic mass is 10.3. The second kappa shape index (κ2) is 20.0. The Morgan fingerprint density at radius 3 is 1.14 bits per heavy atom. The van der Waals surface area contributed by atoms with Crippen LogP contribution in [0.2, 0.25) is 0 Å². The van der Waals surface area contributed by atoms with Crippen molar-refractivity contribution in [3.05, 3.63) is 0 Å². The third-order valence-electron chi connectivity index (χ3n) is 2.93. The van der Waals surface area contributed by atoms with Crippen molar-refractivity contribution in [3.63, 3.8) is 0 Å². The Morgan fingerprint density at radius 2 is 0.864 bits per heavy atom. The smallest absolute Gasteiger partial charge is 0.316 e. The van der Waals surface area contributed by atoms with Gasteiger partial charge in [-0.2, -0.15) is 0 Å². The monoisotopic (exact) mass is 368 g/mol. The molecule has 0 aromatic carbocycles. The molecule has 0 amide bonds. The Labute approximate surface area is 151 Å². The lowest BCUT2D eigenvalue weighted by Crippen LogP contribution is -2.19. The zero-order valence-corrected chi connectivity index (χ0v) is 17.0. The first-order valence-corrected chi connectivity index (χ1v) is 11.4. The molecule has 0 aromatic heterocycles. The van der Waals surface area contributed by atoms with E-state index in [9.17, 15) is 0 Å². The summed E-state index contributed by atoms with van der Waals surface area (Å²) in [6, 6.07) is 0. The molecule has 0 bridgehead atoms. The maximum absolute atomic E-state index is 5.63. The molecule has 0 aliphatic rings. The molecular formula is C15H33BO3S3. The third kappa shape index (κ3) is 17.4. The lowest BCUT2D eigenvalue weighted by Gasteiger charge is -2.11. The van der Waals surface area contributed by atoms with Gasteiger partial charge in [-0.15, -0.1) is 0 Å². The van der Waals surface area contributed by atoms with Crippen molar-refractivity contribution in [2.24, 2.45) is 0 Å². The van der Waals surface area contributed by atoms with Crippen LogP contribution >= 0.6 is 36.1 Å². The highest BCUT2D eigenvalue weighted by Crippen LogP contribution is 2.20.